The highest BCUT2D eigenvalue weighted by Crippen LogP contribution is 2.29. The quantitative estimate of drug-likeness (QED) is 0.727. The van der Waals surface area contributed by atoms with Crippen molar-refractivity contribution in [3.8, 4) is 0 Å². The van der Waals surface area contributed by atoms with Crippen LogP contribution in [0.3, 0.4) is 0 Å². The second kappa shape index (κ2) is 4.31. The number of aliphatic hydroxyl groups is 1. The number of aliphatic hydroxyl groups excluding tert-OH is 1. The van der Waals surface area contributed by atoms with Gasteiger partial charge < -0.3 is 9.67 Å². The van der Waals surface area contributed by atoms with Crippen molar-refractivity contribution in [1.82, 2.24) is 4.57 Å². The summed E-state index contributed by atoms with van der Waals surface area (Å²) in [7, 11) is 2.00. The first kappa shape index (κ1) is 11.1. The van der Waals surface area contributed by atoms with Gasteiger partial charge in [-0.3, -0.25) is 0 Å². The zero-order valence-electron chi connectivity index (χ0n) is 10.2. The molecule has 0 saturated carbocycles. The van der Waals surface area contributed by atoms with Crippen LogP contribution in [0.25, 0.3) is 10.9 Å². The molecule has 0 aliphatic carbocycles. The van der Waals surface area contributed by atoms with E-state index in [0.29, 0.717) is 0 Å². The van der Waals surface area contributed by atoms with Crippen LogP contribution in [0.5, 0.6) is 0 Å². The average Bonchev–Trinajstić information content (AvgIpc) is 2.77. The molecule has 2 heteroatoms. The van der Waals surface area contributed by atoms with Crippen LogP contribution in [0.4, 0.5) is 0 Å². The maximum Gasteiger partial charge on any atom is 0.106 e. The summed E-state index contributed by atoms with van der Waals surface area (Å²) in [5, 5.41) is 11.6. The molecule has 2 nitrogen and oxygen atoms in total. The van der Waals surface area contributed by atoms with Crippen molar-refractivity contribution in [2.45, 2.75) is 6.10 Å². The summed E-state index contributed by atoms with van der Waals surface area (Å²) < 4.78 is 2.05. The van der Waals surface area contributed by atoms with Crippen LogP contribution in [0.2, 0.25) is 0 Å². The van der Waals surface area contributed by atoms with E-state index < -0.39 is 6.10 Å². The van der Waals surface area contributed by atoms with E-state index in [1.165, 1.54) is 0 Å². The zero-order valence-corrected chi connectivity index (χ0v) is 10.2. The smallest absolute Gasteiger partial charge is 0.106 e. The third-order valence-corrected chi connectivity index (χ3v) is 3.34. The van der Waals surface area contributed by atoms with Crippen molar-refractivity contribution < 1.29 is 5.11 Å². The van der Waals surface area contributed by atoms with Gasteiger partial charge in [-0.25, -0.2) is 0 Å². The Morgan fingerprint density at radius 3 is 2.39 bits per heavy atom. The maximum atomic E-state index is 10.5. The first-order valence-corrected chi connectivity index (χ1v) is 6.04. The van der Waals surface area contributed by atoms with Crippen LogP contribution in [0, 0.1) is 0 Å². The molecule has 2 aromatic carbocycles. The molecule has 1 atom stereocenters. The topological polar surface area (TPSA) is 25.2 Å². The van der Waals surface area contributed by atoms with E-state index >= 15 is 0 Å². The molecule has 0 amide bonds. The number of benzene rings is 2. The highest BCUT2D eigenvalue weighted by atomic mass is 16.3. The number of aryl methyl sites for hydroxylation is 1. The molecule has 18 heavy (non-hydrogen) atoms. The molecule has 3 rings (SSSR count). The average molecular weight is 237 g/mol. The number of fused-ring (bicyclic) bond motifs is 1. The number of hydrogen-bond acceptors (Lipinski definition) is 1. The molecule has 0 radical (unpaired) electrons. The molecule has 0 unspecified atom stereocenters. The number of rotatable bonds is 2. The fraction of sp³-hybridized carbons (Fsp3) is 0.125. The summed E-state index contributed by atoms with van der Waals surface area (Å²) in [6.07, 6.45) is 1.43. The molecular formula is C16H15NO. The molecule has 0 spiro atoms. The first-order chi connectivity index (χ1) is 8.77. The van der Waals surface area contributed by atoms with E-state index in [-0.39, 0.29) is 0 Å². The van der Waals surface area contributed by atoms with Gasteiger partial charge in [0.15, 0.2) is 0 Å². The summed E-state index contributed by atoms with van der Waals surface area (Å²) >= 11 is 0. The third kappa shape index (κ3) is 1.71. The Bertz CT molecular complexity index is 670. The summed E-state index contributed by atoms with van der Waals surface area (Å²) in [6, 6.07) is 17.9. The predicted octanol–water partition coefficient (Wildman–Crippen LogP) is 3.26. The monoisotopic (exact) mass is 237 g/mol. The van der Waals surface area contributed by atoms with Crippen LogP contribution in [-0.2, 0) is 7.05 Å². The molecule has 0 aliphatic rings. The van der Waals surface area contributed by atoms with E-state index in [1.807, 2.05) is 55.7 Å². The van der Waals surface area contributed by atoms with E-state index in [1.54, 1.807) is 0 Å². The lowest BCUT2D eigenvalue weighted by Gasteiger charge is -2.09. The number of para-hydroxylation sites is 1. The second-order valence-corrected chi connectivity index (χ2v) is 4.53. The minimum atomic E-state index is -0.572. The van der Waals surface area contributed by atoms with Crippen molar-refractivity contribution in [3.63, 3.8) is 0 Å². The van der Waals surface area contributed by atoms with Crippen LogP contribution in [-0.4, -0.2) is 9.67 Å². The lowest BCUT2D eigenvalue weighted by atomic mass is 10.0. The van der Waals surface area contributed by atoms with Gasteiger partial charge in [0.2, 0.25) is 0 Å². The Hall–Kier alpha value is -2.06. The summed E-state index contributed by atoms with van der Waals surface area (Å²) in [6.45, 7) is 0. The van der Waals surface area contributed by atoms with Gasteiger partial charge in [-0.2, -0.15) is 0 Å². The minimum Gasteiger partial charge on any atom is -0.384 e. The van der Waals surface area contributed by atoms with Crippen molar-refractivity contribution >= 4 is 10.9 Å². The highest BCUT2D eigenvalue weighted by molar-refractivity contribution is 5.84. The van der Waals surface area contributed by atoms with Crippen molar-refractivity contribution in [3.05, 3.63) is 71.9 Å². The van der Waals surface area contributed by atoms with Crippen LogP contribution in [0.1, 0.15) is 17.2 Å². The Morgan fingerprint density at radius 1 is 0.944 bits per heavy atom. The van der Waals surface area contributed by atoms with Crippen molar-refractivity contribution in [2.75, 3.05) is 0 Å². The van der Waals surface area contributed by atoms with E-state index in [4.69, 9.17) is 0 Å². The number of hydrogen-bond donors (Lipinski definition) is 1. The number of aromatic nitrogens is 1. The van der Waals surface area contributed by atoms with E-state index in [9.17, 15) is 5.11 Å². The standard InChI is InChI=1S/C16H15NO/c1-17-11-14(13-9-5-6-10-15(13)17)16(18)12-7-3-2-4-8-12/h2-11,16,18H,1H3/t16-/m1/s1. The summed E-state index contributed by atoms with van der Waals surface area (Å²) in [5.74, 6) is 0. The van der Waals surface area contributed by atoms with Crippen LogP contribution in [0.15, 0.2) is 60.8 Å². The summed E-state index contributed by atoms with van der Waals surface area (Å²) in [5.41, 5.74) is 3.02. The zero-order chi connectivity index (χ0) is 12.5. The highest BCUT2D eigenvalue weighted by Gasteiger charge is 2.15. The molecule has 0 bridgehead atoms. The maximum absolute atomic E-state index is 10.5. The molecule has 3 aromatic rings. The van der Waals surface area contributed by atoms with Gasteiger partial charge in [0.1, 0.15) is 6.10 Å². The van der Waals surface area contributed by atoms with Crippen LogP contribution < -0.4 is 0 Å². The SMILES string of the molecule is Cn1cc([C@H](O)c2ccccc2)c2ccccc21. The predicted molar refractivity (Wildman–Crippen MR) is 73.4 cm³/mol. The van der Waals surface area contributed by atoms with E-state index in [2.05, 4.69) is 16.7 Å². The molecule has 90 valence electrons. The van der Waals surface area contributed by atoms with E-state index in [0.717, 1.165) is 22.0 Å². The van der Waals surface area contributed by atoms with Crippen molar-refractivity contribution in [1.29, 1.82) is 0 Å². The van der Waals surface area contributed by atoms with Gasteiger partial charge >= 0.3 is 0 Å². The Kier molecular flexibility index (Phi) is 2.65. The fourth-order valence-electron chi connectivity index (χ4n) is 2.41. The minimum absolute atomic E-state index is 0.572. The molecule has 0 aliphatic heterocycles. The lowest BCUT2D eigenvalue weighted by molar-refractivity contribution is 0.221. The van der Waals surface area contributed by atoms with Gasteiger partial charge in [-0.05, 0) is 11.6 Å². The normalized spacial score (nSPS) is 12.8. The Morgan fingerprint density at radius 2 is 1.61 bits per heavy atom. The van der Waals surface area contributed by atoms with Gasteiger partial charge in [-0.1, -0.05) is 48.5 Å². The molecule has 0 saturated heterocycles. The molecule has 0 fully saturated rings. The van der Waals surface area contributed by atoms with Gasteiger partial charge in [0.05, 0.1) is 0 Å². The molecule has 1 N–H and O–H groups in total. The van der Waals surface area contributed by atoms with Gasteiger partial charge in [0, 0.05) is 29.7 Å². The fourth-order valence-corrected chi connectivity index (χ4v) is 2.41. The Balaban J connectivity index is 2.15. The molecule has 1 heterocycles. The largest absolute Gasteiger partial charge is 0.384 e. The lowest BCUT2D eigenvalue weighted by Crippen LogP contribution is -1.98. The molecule has 1 aromatic heterocycles. The van der Waals surface area contributed by atoms with Crippen molar-refractivity contribution in [2.24, 2.45) is 7.05 Å². The van der Waals surface area contributed by atoms with Crippen LogP contribution >= 0.6 is 0 Å². The molecular weight excluding hydrogens is 222 g/mol. The third-order valence-electron chi connectivity index (χ3n) is 3.34. The number of nitrogens with zero attached hydrogens (tertiary/aromatic N) is 1. The second-order valence-electron chi connectivity index (χ2n) is 4.53. The van der Waals surface area contributed by atoms with Gasteiger partial charge in [-0.15, -0.1) is 0 Å². The van der Waals surface area contributed by atoms with Gasteiger partial charge in [0.25, 0.3) is 0 Å². The Labute approximate surface area is 106 Å². The summed E-state index contributed by atoms with van der Waals surface area (Å²) in [4.78, 5) is 0. The first-order valence-electron chi connectivity index (χ1n) is 6.04.